The van der Waals surface area contributed by atoms with Crippen molar-refractivity contribution >= 4 is 6.29 Å². The van der Waals surface area contributed by atoms with Gasteiger partial charge in [0, 0.05) is 39.1 Å². The second-order valence-electron chi connectivity index (χ2n) is 6.39. The van der Waals surface area contributed by atoms with Crippen molar-refractivity contribution in [2.75, 3.05) is 0 Å². The summed E-state index contributed by atoms with van der Waals surface area (Å²) >= 11 is 0. The predicted octanol–water partition coefficient (Wildman–Crippen LogP) is 4.17. The van der Waals surface area contributed by atoms with Crippen LogP contribution in [0.2, 0.25) is 0 Å². The third-order valence-corrected chi connectivity index (χ3v) is 5.46. The molecule has 1 radical (unpaired) electrons. The first-order valence-electron chi connectivity index (χ1n) is 7.14. The molecular formula is C16H25OY-. The monoisotopic (exact) mass is 322 g/mol. The van der Waals surface area contributed by atoms with Crippen LogP contribution in [-0.2, 0) is 37.5 Å². The fraction of sp³-hybridized carbons (Fsp3) is 0.812. The van der Waals surface area contributed by atoms with E-state index in [1.807, 2.05) is 0 Å². The van der Waals surface area contributed by atoms with Gasteiger partial charge in [-0.1, -0.05) is 26.7 Å². The van der Waals surface area contributed by atoms with Crippen LogP contribution in [0.25, 0.3) is 0 Å². The molecule has 2 fully saturated rings. The van der Waals surface area contributed by atoms with Crippen LogP contribution in [0.3, 0.4) is 0 Å². The first kappa shape index (κ1) is 16.6. The number of allylic oxidation sites excluding steroid dienone is 1. The average molecular weight is 322 g/mol. The van der Waals surface area contributed by atoms with Crippen molar-refractivity contribution in [2.45, 2.75) is 58.8 Å². The maximum atomic E-state index is 10.5. The molecule has 0 saturated heterocycles. The van der Waals surface area contributed by atoms with Crippen molar-refractivity contribution in [3.63, 3.8) is 0 Å². The molecule has 18 heavy (non-hydrogen) atoms. The largest absolute Gasteiger partial charge is 0.514 e. The fourth-order valence-electron chi connectivity index (χ4n) is 4.55. The molecule has 1 nitrogen and oxygen atoms in total. The molecule has 1 unspecified atom stereocenters. The summed E-state index contributed by atoms with van der Waals surface area (Å²) in [5.74, 6) is 2.09. The van der Waals surface area contributed by atoms with Gasteiger partial charge in [-0.15, -0.1) is 0 Å². The first-order chi connectivity index (χ1) is 8.09. The second-order valence-corrected chi connectivity index (χ2v) is 6.39. The number of carbonyl (C=O) groups excluding carboxylic acids is 1. The Morgan fingerprint density at radius 3 is 2.89 bits per heavy atom. The van der Waals surface area contributed by atoms with Gasteiger partial charge in [0.2, 0.25) is 0 Å². The number of hydrogen-bond donors (Lipinski definition) is 0. The molecule has 2 saturated carbocycles. The third kappa shape index (κ3) is 2.98. The van der Waals surface area contributed by atoms with Crippen molar-refractivity contribution in [1.82, 2.24) is 0 Å². The Balaban J connectivity index is 0.00000162. The molecular weight excluding hydrogens is 297 g/mol. The van der Waals surface area contributed by atoms with Crippen LogP contribution < -0.4 is 0 Å². The van der Waals surface area contributed by atoms with Gasteiger partial charge in [-0.25, -0.2) is 0 Å². The number of rotatable bonds is 4. The molecule has 0 bridgehead atoms. The number of aldehydes is 1. The van der Waals surface area contributed by atoms with Crippen molar-refractivity contribution in [2.24, 2.45) is 23.2 Å². The van der Waals surface area contributed by atoms with E-state index in [1.54, 1.807) is 0 Å². The Hall–Kier alpha value is 0.514. The van der Waals surface area contributed by atoms with Gasteiger partial charge < -0.3 is 11.4 Å². The first-order valence-corrected chi connectivity index (χ1v) is 7.14. The molecule has 0 aromatic rings. The van der Waals surface area contributed by atoms with Gasteiger partial charge in [0.05, 0.1) is 0 Å². The number of carbonyl (C=O) groups is 1. The maximum Gasteiger partial charge on any atom is 0.120 e. The molecule has 2 aliphatic carbocycles. The van der Waals surface area contributed by atoms with Crippen molar-refractivity contribution in [3.8, 4) is 0 Å². The summed E-state index contributed by atoms with van der Waals surface area (Å²) in [7, 11) is 0. The molecule has 0 heterocycles. The van der Waals surface area contributed by atoms with Crippen LogP contribution in [0.15, 0.2) is 5.57 Å². The van der Waals surface area contributed by atoms with Crippen molar-refractivity contribution in [1.29, 1.82) is 0 Å². The van der Waals surface area contributed by atoms with Gasteiger partial charge in [-0.05, 0) is 48.9 Å². The minimum atomic E-state index is 0. The Morgan fingerprint density at radius 2 is 2.22 bits per heavy atom. The normalized spacial score (nSPS) is 36.7. The van der Waals surface area contributed by atoms with E-state index in [1.165, 1.54) is 31.3 Å². The van der Waals surface area contributed by atoms with Crippen molar-refractivity contribution < 1.29 is 37.5 Å². The van der Waals surface area contributed by atoms with E-state index in [4.69, 9.17) is 6.58 Å². The van der Waals surface area contributed by atoms with Crippen LogP contribution in [0.5, 0.6) is 0 Å². The van der Waals surface area contributed by atoms with E-state index in [0.717, 1.165) is 31.5 Å². The van der Waals surface area contributed by atoms with E-state index >= 15 is 0 Å². The summed E-state index contributed by atoms with van der Waals surface area (Å²) in [6, 6.07) is 0. The minimum absolute atomic E-state index is 0. The second kappa shape index (κ2) is 6.79. The molecule has 0 aromatic heterocycles. The topological polar surface area (TPSA) is 17.1 Å². The summed E-state index contributed by atoms with van der Waals surface area (Å²) in [5, 5.41) is 0. The van der Waals surface area contributed by atoms with Gasteiger partial charge in [0.1, 0.15) is 6.29 Å². The molecule has 0 amide bonds. The van der Waals surface area contributed by atoms with E-state index in [9.17, 15) is 4.79 Å². The average Bonchev–Trinajstić information content (AvgIpc) is 2.64. The summed E-state index contributed by atoms with van der Waals surface area (Å²) in [4.78, 5) is 10.5. The van der Waals surface area contributed by atoms with Gasteiger partial charge in [0.15, 0.2) is 0 Å². The van der Waals surface area contributed by atoms with E-state index in [2.05, 4.69) is 13.8 Å². The zero-order valence-electron chi connectivity index (χ0n) is 11.8. The van der Waals surface area contributed by atoms with Gasteiger partial charge in [-0.2, -0.15) is 0 Å². The van der Waals surface area contributed by atoms with Crippen LogP contribution in [0.4, 0.5) is 0 Å². The predicted molar refractivity (Wildman–Crippen MR) is 70.4 cm³/mol. The Labute approximate surface area is 137 Å². The molecule has 99 valence electrons. The Bertz CT molecular complexity index is 312. The quantitative estimate of drug-likeness (QED) is 0.561. The standard InChI is InChI=1S/C16H25O.Y/c1-12-6-4-10-16(3)14(12)8-9-15(16)13(2)7-5-11-17;/h1,11,13-15H,4-10H2,2-3H3;/q-1;/t13-,14?,15+,16-;/m0./s1. The maximum absolute atomic E-state index is 10.5. The smallest absolute Gasteiger partial charge is 0.120 e. The molecule has 4 atom stereocenters. The van der Waals surface area contributed by atoms with E-state index in [0.29, 0.717) is 17.3 Å². The van der Waals surface area contributed by atoms with E-state index < -0.39 is 0 Å². The zero-order chi connectivity index (χ0) is 12.5. The molecule has 2 heteroatoms. The summed E-state index contributed by atoms with van der Waals surface area (Å²) in [5.41, 5.74) is 1.67. The van der Waals surface area contributed by atoms with Crippen LogP contribution in [0, 0.1) is 29.7 Å². The fourth-order valence-corrected chi connectivity index (χ4v) is 4.55. The Kier molecular flexibility index (Phi) is 6.25. The molecule has 0 aromatic carbocycles. The van der Waals surface area contributed by atoms with E-state index in [-0.39, 0.29) is 32.7 Å². The Morgan fingerprint density at radius 1 is 1.50 bits per heavy atom. The van der Waals surface area contributed by atoms with Crippen LogP contribution in [-0.4, -0.2) is 6.29 Å². The molecule has 0 spiro atoms. The van der Waals surface area contributed by atoms with Crippen LogP contribution >= 0.6 is 0 Å². The summed E-state index contributed by atoms with van der Waals surface area (Å²) in [6.07, 6.45) is 9.14. The van der Waals surface area contributed by atoms with Gasteiger partial charge in [0.25, 0.3) is 0 Å². The number of hydrogen-bond acceptors (Lipinski definition) is 1. The number of fused-ring (bicyclic) bond motifs is 1. The van der Waals surface area contributed by atoms with Gasteiger partial charge >= 0.3 is 0 Å². The molecule has 0 aliphatic heterocycles. The third-order valence-electron chi connectivity index (χ3n) is 5.46. The summed E-state index contributed by atoms with van der Waals surface area (Å²) in [6.45, 7) is 11.0. The summed E-state index contributed by atoms with van der Waals surface area (Å²) < 4.78 is 0. The van der Waals surface area contributed by atoms with Crippen LogP contribution in [0.1, 0.15) is 58.8 Å². The minimum Gasteiger partial charge on any atom is -0.514 e. The molecule has 2 aliphatic rings. The van der Waals surface area contributed by atoms with Crippen molar-refractivity contribution in [3.05, 3.63) is 12.2 Å². The zero-order valence-corrected chi connectivity index (χ0v) is 14.7. The SMILES string of the molecule is [CH-]=C1CCC[C@@]2(C)C1CC[C@@H]2[C@@H](C)CCC=O.[Y]. The van der Waals surface area contributed by atoms with Gasteiger partial charge in [-0.3, -0.25) is 5.57 Å². The molecule has 0 N–H and O–H groups in total. The molecule has 2 rings (SSSR count).